The summed E-state index contributed by atoms with van der Waals surface area (Å²) in [6.45, 7) is 7.51. The molecule has 2 fully saturated rings. The molecule has 0 atom stereocenters. The highest BCUT2D eigenvalue weighted by atomic mass is 32.2. The lowest BCUT2D eigenvalue weighted by Gasteiger charge is -2.34. The van der Waals surface area contributed by atoms with Gasteiger partial charge in [-0.15, -0.1) is 0 Å². The normalized spacial score (nSPS) is 22.3. The Labute approximate surface area is 113 Å². The van der Waals surface area contributed by atoms with Crippen LogP contribution in [-0.2, 0) is 9.53 Å². The highest BCUT2D eigenvalue weighted by Gasteiger charge is 2.55. The molecule has 2 aliphatic rings. The predicted octanol–water partition coefficient (Wildman–Crippen LogP) is 1.34. The molecule has 2 heterocycles. The van der Waals surface area contributed by atoms with Crippen LogP contribution in [0.2, 0.25) is 25.7 Å². The topological polar surface area (TPSA) is 58.6 Å². The van der Waals surface area contributed by atoms with Crippen molar-refractivity contribution in [1.82, 2.24) is 10.2 Å². The lowest BCUT2D eigenvalue weighted by Crippen LogP contribution is -2.57. The highest BCUT2D eigenvalue weighted by Crippen LogP contribution is 2.34. The summed E-state index contributed by atoms with van der Waals surface area (Å²) < 4.78 is 5.47. The Morgan fingerprint density at radius 1 is 1.39 bits per heavy atom. The van der Waals surface area contributed by atoms with Gasteiger partial charge in [-0.2, -0.15) is 11.8 Å². The molecule has 0 aromatic carbocycles. The maximum Gasteiger partial charge on any atom is 0.327 e. The smallest absolute Gasteiger partial charge is 0.327 e. The number of hydrogen-bond acceptors (Lipinski definition) is 4. The second-order valence-electron chi connectivity index (χ2n) is 6.09. The van der Waals surface area contributed by atoms with Gasteiger partial charge in [-0.3, -0.25) is 4.79 Å². The fourth-order valence-electron chi connectivity index (χ4n) is 1.83. The quantitative estimate of drug-likeness (QED) is 0.471. The van der Waals surface area contributed by atoms with Crippen molar-refractivity contribution in [1.29, 1.82) is 0 Å². The van der Waals surface area contributed by atoms with Gasteiger partial charge in [0.05, 0.1) is 0 Å². The zero-order valence-corrected chi connectivity index (χ0v) is 12.9. The Hall–Kier alpha value is -0.533. The van der Waals surface area contributed by atoms with Crippen molar-refractivity contribution in [3.05, 3.63) is 0 Å². The minimum Gasteiger partial charge on any atom is -0.361 e. The summed E-state index contributed by atoms with van der Waals surface area (Å²) in [6.07, 6.45) is 0. The molecule has 0 aliphatic carbocycles. The van der Waals surface area contributed by atoms with E-state index in [4.69, 9.17) is 4.74 Å². The van der Waals surface area contributed by atoms with Gasteiger partial charge in [0.15, 0.2) is 0 Å². The summed E-state index contributed by atoms with van der Waals surface area (Å²) in [5.74, 6) is 1.24. The van der Waals surface area contributed by atoms with Crippen LogP contribution >= 0.6 is 11.8 Å². The number of thioether (sulfide) groups is 1. The van der Waals surface area contributed by atoms with Gasteiger partial charge in [0, 0.05) is 26.2 Å². The van der Waals surface area contributed by atoms with Gasteiger partial charge < -0.3 is 10.1 Å². The van der Waals surface area contributed by atoms with Gasteiger partial charge in [-0.05, 0) is 6.04 Å². The molecule has 102 valence electrons. The molecule has 5 nitrogen and oxygen atoms in total. The number of urea groups is 1. The van der Waals surface area contributed by atoms with Crippen molar-refractivity contribution in [2.75, 3.05) is 24.8 Å². The molecule has 0 aromatic heterocycles. The first-order valence-electron chi connectivity index (χ1n) is 6.14. The molecular formula is C11H20N2O3SSi. The molecule has 2 aliphatic heterocycles. The van der Waals surface area contributed by atoms with E-state index >= 15 is 0 Å². The third-order valence-corrected chi connectivity index (χ3v) is 6.26. The number of carbonyl (C=O) groups is 2. The van der Waals surface area contributed by atoms with Crippen LogP contribution in [0.1, 0.15) is 0 Å². The van der Waals surface area contributed by atoms with Crippen molar-refractivity contribution < 1.29 is 14.3 Å². The first-order valence-corrected chi connectivity index (χ1v) is 11.0. The summed E-state index contributed by atoms with van der Waals surface area (Å²) in [5.41, 5.74) is -0.621. The molecular weight excluding hydrogens is 268 g/mol. The number of rotatable bonds is 5. The van der Waals surface area contributed by atoms with Gasteiger partial charge in [0.2, 0.25) is 0 Å². The van der Waals surface area contributed by atoms with Crippen LogP contribution in [-0.4, -0.2) is 55.3 Å². The minimum atomic E-state index is -1.12. The zero-order valence-electron chi connectivity index (χ0n) is 11.1. The molecule has 0 saturated carbocycles. The van der Waals surface area contributed by atoms with Crippen LogP contribution in [0.15, 0.2) is 0 Å². The van der Waals surface area contributed by atoms with Gasteiger partial charge in [0.25, 0.3) is 5.91 Å². The Bertz CT molecular complexity index is 366. The van der Waals surface area contributed by atoms with E-state index in [9.17, 15) is 9.59 Å². The van der Waals surface area contributed by atoms with Gasteiger partial charge in [0.1, 0.15) is 12.3 Å². The molecule has 2 rings (SSSR count). The van der Waals surface area contributed by atoms with Gasteiger partial charge in [-0.1, -0.05) is 19.6 Å². The summed E-state index contributed by atoms with van der Waals surface area (Å²) in [5, 5.41) is 2.77. The Morgan fingerprint density at radius 3 is 2.50 bits per heavy atom. The van der Waals surface area contributed by atoms with Crippen LogP contribution in [0.5, 0.6) is 0 Å². The van der Waals surface area contributed by atoms with E-state index in [1.807, 2.05) is 0 Å². The lowest BCUT2D eigenvalue weighted by molar-refractivity contribution is -0.133. The maximum atomic E-state index is 12.1. The molecule has 0 aromatic rings. The summed E-state index contributed by atoms with van der Waals surface area (Å²) in [7, 11) is -1.12. The largest absolute Gasteiger partial charge is 0.361 e. The SMILES string of the molecule is C[Si](C)(C)CCOCN1C(=O)NC2(CSC2)C1=O. The van der Waals surface area contributed by atoms with Crippen LogP contribution in [0.3, 0.4) is 0 Å². The average molecular weight is 288 g/mol. The number of carbonyl (C=O) groups excluding carboxylic acids is 2. The first kappa shape index (κ1) is 13.9. The lowest BCUT2D eigenvalue weighted by atomic mass is 10.1. The fraction of sp³-hybridized carbons (Fsp3) is 0.818. The fourth-order valence-corrected chi connectivity index (χ4v) is 3.59. The van der Waals surface area contributed by atoms with Crippen molar-refractivity contribution in [2.24, 2.45) is 0 Å². The molecule has 2 saturated heterocycles. The van der Waals surface area contributed by atoms with E-state index in [1.165, 1.54) is 4.90 Å². The van der Waals surface area contributed by atoms with E-state index < -0.39 is 13.6 Å². The van der Waals surface area contributed by atoms with Crippen LogP contribution < -0.4 is 5.32 Å². The van der Waals surface area contributed by atoms with Gasteiger partial charge >= 0.3 is 6.03 Å². The first-order chi connectivity index (χ1) is 8.34. The van der Waals surface area contributed by atoms with Crippen molar-refractivity contribution >= 4 is 31.8 Å². The highest BCUT2D eigenvalue weighted by molar-refractivity contribution is 8.01. The van der Waals surface area contributed by atoms with E-state index in [0.29, 0.717) is 18.1 Å². The van der Waals surface area contributed by atoms with E-state index in [-0.39, 0.29) is 18.7 Å². The number of hydrogen-bond donors (Lipinski definition) is 1. The molecule has 1 N–H and O–H groups in total. The Morgan fingerprint density at radius 2 is 2.06 bits per heavy atom. The maximum absolute atomic E-state index is 12.1. The second kappa shape index (κ2) is 4.86. The van der Waals surface area contributed by atoms with Crippen molar-refractivity contribution in [3.63, 3.8) is 0 Å². The van der Waals surface area contributed by atoms with E-state index in [1.54, 1.807) is 11.8 Å². The molecule has 0 radical (unpaired) electrons. The second-order valence-corrected chi connectivity index (χ2v) is 12.7. The standard InChI is InChI=1S/C11H20N2O3SSi/c1-18(2,3)5-4-16-8-13-9(14)11(6-17-7-11)12-10(13)15/h4-8H2,1-3H3,(H,12,15). The molecule has 0 unspecified atom stereocenters. The summed E-state index contributed by atoms with van der Waals surface area (Å²) >= 11 is 1.68. The predicted molar refractivity (Wildman–Crippen MR) is 74.4 cm³/mol. The molecule has 7 heteroatoms. The van der Waals surface area contributed by atoms with Crippen LogP contribution in [0.4, 0.5) is 4.79 Å². The number of amides is 3. The number of imide groups is 1. The third kappa shape index (κ3) is 2.72. The molecule has 1 spiro atoms. The third-order valence-electron chi connectivity index (χ3n) is 3.16. The zero-order chi connectivity index (χ0) is 13.4. The Balaban J connectivity index is 1.79. The van der Waals surface area contributed by atoms with Crippen molar-refractivity contribution in [3.8, 4) is 0 Å². The molecule has 0 bridgehead atoms. The van der Waals surface area contributed by atoms with E-state index in [0.717, 1.165) is 6.04 Å². The van der Waals surface area contributed by atoms with Gasteiger partial charge in [-0.25, -0.2) is 9.69 Å². The summed E-state index contributed by atoms with van der Waals surface area (Å²) in [4.78, 5) is 25.0. The molecule has 18 heavy (non-hydrogen) atoms. The number of nitrogens with one attached hydrogen (secondary N) is 1. The average Bonchev–Trinajstić information content (AvgIpc) is 2.45. The monoisotopic (exact) mass is 288 g/mol. The number of ether oxygens (including phenoxy) is 1. The molecule has 3 amide bonds. The van der Waals surface area contributed by atoms with E-state index in [2.05, 4.69) is 25.0 Å². The number of nitrogens with zero attached hydrogens (tertiary/aromatic N) is 1. The minimum absolute atomic E-state index is 0.0849. The van der Waals surface area contributed by atoms with Crippen molar-refractivity contribution in [2.45, 2.75) is 31.2 Å². The Kier molecular flexibility index (Phi) is 3.75. The summed E-state index contributed by atoms with van der Waals surface area (Å²) in [6, 6.07) is 0.728. The van der Waals surface area contributed by atoms with Crippen LogP contribution in [0.25, 0.3) is 0 Å². The van der Waals surface area contributed by atoms with Crippen LogP contribution in [0, 0.1) is 0 Å².